The highest BCUT2D eigenvalue weighted by Gasteiger charge is 2.33. The standard InChI is InChI=1S/C17H26N2O2S/c20-22(21,15-9-3-1-4-10-15)18-16-11-5-6-12-17(16)19-13-7-2-8-14-19/h1,3-4,9-10,16-18H,2,5-8,11-14H2/t16-,17-/m1/s1. The molecule has 1 N–H and O–H groups in total. The first-order chi connectivity index (χ1) is 10.7. The fourth-order valence-corrected chi connectivity index (χ4v) is 5.13. The molecule has 0 unspecified atom stereocenters. The molecule has 1 saturated heterocycles. The van der Waals surface area contributed by atoms with Gasteiger partial charge in [0.25, 0.3) is 0 Å². The lowest BCUT2D eigenvalue weighted by Crippen LogP contribution is -2.54. The average molecular weight is 322 g/mol. The van der Waals surface area contributed by atoms with E-state index < -0.39 is 10.0 Å². The van der Waals surface area contributed by atoms with Crippen molar-refractivity contribution in [3.05, 3.63) is 30.3 Å². The van der Waals surface area contributed by atoms with Gasteiger partial charge >= 0.3 is 0 Å². The Morgan fingerprint density at radius 2 is 1.59 bits per heavy atom. The van der Waals surface area contributed by atoms with Crippen LogP contribution in [0.1, 0.15) is 44.9 Å². The summed E-state index contributed by atoms with van der Waals surface area (Å²) < 4.78 is 28.2. The van der Waals surface area contributed by atoms with Gasteiger partial charge in [-0.05, 0) is 50.9 Å². The van der Waals surface area contributed by atoms with Gasteiger partial charge in [-0.2, -0.15) is 0 Å². The zero-order valence-corrected chi connectivity index (χ0v) is 13.9. The molecule has 122 valence electrons. The van der Waals surface area contributed by atoms with Gasteiger partial charge < -0.3 is 0 Å². The molecule has 5 heteroatoms. The summed E-state index contributed by atoms with van der Waals surface area (Å²) in [5, 5.41) is 0. The van der Waals surface area contributed by atoms with Crippen molar-refractivity contribution in [1.82, 2.24) is 9.62 Å². The zero-order chi connectivity index (χ0) is 15.4. The minimum absolute atomic E-state index is 0.0528. The molecule has 1 heterocycles. The highest BCUT2D eigenvalue weighted by atomic mass is 32.2. The Balaban J connectivity index is 1.73. The van der Waals surface area contributed by atoms with E-state index in [1.807, 2.05) is 6.07 Å². The molecular weight excluding hydrogens is 296 g/mol. The van der Waals surface area contributed by atoms with Crippen LogP contribution >= 0.6 is 0 Å². The second kappa shape index (κ2) is 7.11. The lowest BCUT2D eigenvalue weighted by Gasteiger charge is -2.41. The molecule has 22 heavy (non-hydrogen) atoms. The Kier molecular flexibility index (Phi) is 5.16. The number of rotatable bonds is 4. The lowest BCUT2D eigenvalue weighted by molar-refractivity contribution is 0.109. The van der Waals surface area contributed by atoms with Gasteiger partial charge in [0.2, 0.25) is 10.0 Å². The lowest BCUT2D eigenvalue weighted by atomic mass is 9.89. The molecule has 2 atom stereocenters. The fraction of sp³-hybridized carbons (Fsp3) is 0.647. The van der Waals surface area contributed by atoms with Crippen molar-refractivity contribution in [2.24, 2.45) is 0 Å². The SMILES string of the molecule is O=S(=O)(N[C@@H]1CCCC[C@H]1N1CCCCC1)c1ccccc1. The van der Waals surface area contributed by atoms with E-state index in [0.29, 0.717) is 10.9 Å². The molecule has 1 aromatic rings. The zero-order valence-electron chi connectivity index (χ0n) is 13.1. The summed E-state index contributed by atoms with van der Waals surface area (Å²) in [6.07, 6.45) is 8.19. The van der Waals surface area contributed by atoms with Crippen LogP contribution in [0, 0.1) is 0 Å². The number of piperidine rings is 1. The minimum atomic E-state index is -3.41. The number of benzene rings is 1. The van der Waals surface area contributed by atoms with Crippen LogP contribution in [0.4, 0.5) is 0 Å². The quantitative estimate of drug-likeness (QED) is 0.927. The Morgan fingerprint density at radius 1 is 0.909 bits per heavy atom. The fourth-order valence-electron chi connectivity index (χ4n) is 3.80. The number of hydrogen-bond donors (Lipinski definition) is 1. The molecule has 1 saturated carbocycles. The average Bonchev–Trinajstić information content (AvgIpc) is 2.57. The summed E-state index contributed by atoms with van der Waals surface area (Å²) in [5.41, 5.74) is 0. The van der Waals surface area contributed by atoms with Crippen molar-refractivity contribution < 1.29 is 8.42 Å². The van der Waals surface area contributed by atoms with Gasteiger partial charge in [-0.25, -0.2) is 13.1 Å². The van der Waals surface area contributed by atoms with Crippen LogP contribution in [0.5, 0.6) is 0 Å². The number of nitrogens with zero attached hydrogens (tertiary/aromatic N) is 1. The first-order valence-electron chi connectivity index (χ1n) is 8.48. The van der Waals surface area contributed by atoms with Gasteiger partial charge in [0.1, 0.15) is 0 Å². The van der Waals surface area contributed by atoms with Crippen molar-refractivity contribution in [2.75, 3.05) is 13.1 Å². The van der Waals surface area contributed by atoms with Gasteiger partial charge in [0, 0.05) is 12.1 Å². The van der Waals surface area contributed by atoms with Crippen molar-refractivity contribution in [3.8, 4) is 0 Å². The Bertz CT molecular complexity index is 568. The number of nitrogens with one attached hydrogen (secondary N) is 1. The molecule has 0 bridgehead atoms. The van der Waals surface area contributed by atoms with Gasteiger partial charge in [0.05, 0.1) is 4.90 Å². The van der Waals surface area contributed by atoms with Crippen LogP contribution < -0.4 is 4.72 Å². The third-order valence-corrected chi connectivity index (χ3v) is 6.46. The topological polar surface area (TPSA) is 49.4 Å². The smallest absolute Gasteiger partial charge is 0.240 e. The largest absolute Gasteiger partial charge is 0.299 e. The third-order valence-electron chi connectivity index (χ3n) is 4.95. The molecule has 0 aromatic heterocycles. The molecule has 3 rings (SSSR count). The number of sulfonamides is 1. The monoisotopic (exact) mass is 322 g/mol. The van der Waals surface area contributed by atoms with Crippen LogP contribution in [0.2, 0.25) is 0 Å². The van der Waals surface area contributed by atoms with E-state index in [-0.39, 0.29) is 6.04 Å². The molecule has 0 amide bonds. The second-order valence-corrected chi connectivity index (χ2v) is 8.20. The van der Waals surface area contributed by atoms with Gasteiger partial charge in [-0.15, -0.1) is 0 Å². The maximum absolute atomic E-state index is 12.6. The summed E-state index contributed by atoms with van der Waals surface area (Å²) in [6.45, 7) is 2.24. The molecule has 2 fully saturated rings. The Hall–Kier alpha value is -0.910. The maximum atomic E-state index is 12.6. The molecule has 0 radical (unpaired) electrons. The molecule has 2 aliphatic rings. The van der Waals surface area contributed by atoms with Crippen molar-refractivity contribution in [1.29, 1.82) is 0 Å². The third kappa shape index (κ3) is 3.70. The van der Waals surface area contributed by atoms with Gasteiger partial charge in [-0.3, -0.25) is 4.90 Å². The Morgan fingerprint density at radius 3 is 2.32 bits per heavy atom. The van der Waals surface area contributed by atoms with E-state index >= 15 is 0 Å². The predicted molar refractivity (Wildman–Crippen MR) is 88.2 cm³/mol. The highest BCUT2D eigenvalue weighted by Crippen LogP contribution is 2.27. The Labute approximate surface area is 134 Å². The van der Waals surface area contributed by atoms with Gasteiger partial charge in [0.15, 0.2) is 0 Å². The summed E-state index contributed by atoms with van der Waals surface area (Å²) in [5.74, 6) is 0. The van der Waals surface area contributed by atoms with Gasteiger partial charge in [-0.1, -0.05) is 37.5 Å². The highest BCUT2D eigenvalue weighted by molar-refractivity contribution is 7.89. The molecule has 1 aromatic carbocycles. The van der Waals surface area contributed by atoms with Crippen LogP contribution in [-0.2, 0) is 10.0 Å². The summed E-state index contributed by atoms with van der Waals surface area (Å²) in [4.78, 5) is 2.89. The normalized spacial score (nSPS) is 27.6. The van der Waals surface area contributed by atoms with Crippen LogP contribution in [0.3, 0.4) is 0 Å². The van der Waals surface area contributed by atoms with Crippen LogP contribution in [0.15, 0.2) is 35.2 Å². The molecule has 4 nitrogen and oxygen atoms in total. The summed E-state index contributed by atoms with van der Waals surface area (Å²) >= 11 is 0. The van der Waals surface area contributed by atoms with Crippen LogP contribution in [-0.4, -0.2) is 38.5 Å². The van der Waals surface area contributed by atoms with E-state index in [9.17, 15) is 8.42 Å². The summed E-state index contributed by atoms with van der Waals surface area (Å²) in [7, 11) is -3.41. The van der Waals surface area contributed by atoms with Crippen molar-refractivity contribution >= 4 is 10.0 Å². The molecule has 0 spiro atoms. The number of likely N-dealkylation sites (tertiary alicyclic amines) is 1. The number of hydrogen-bond acceptors (Lipinski definition) is 3. The maximum Gasteiger partial charge on any atom is 0.240 e. The minimum Gasteiger partial charge on any atom is -0.299 e. The van der Waals surface area contributed by atoms with Crippen molar-refractivity contribution in [3.63, 3.8) is 0 Å². The molecule has 1 aliphatic heterocycles. The van der Waals surface area contributed by atoms with Crippen molar-refractivity contribution in [2.45, 2.75) is 61.9 Å². The van der Waals surface area contributed by atoms with Crippen LogP contribution in [0.25, 0.3) is 0 Å². The van der Waals surface area contributed by atoms with E-state index in [4.69, 9.17) is 0 Å². The van der Waals surface area contributed by atoms with E-state index in [1.165, 1.54) is 25.7 Å². The molecular formula is C17H26N2O2S. The second-order valence-electron chi connectivity index (χ2n) is 6.49. The molecule has 1 aliphatic carbocycles. The van der Waals surface area contributed by atoms with E-state index in [1.54, 1.807) is 24.3 Å². The van der Waals surface area contributed by atoms with E-state index in [2.05, 4.69) is 9.62 Å². The summed E-state index contributed by atoms with van der Waals surface area (Å²) in [6, 6.07) is 9.15. The predicted octanol–water partition coefficient (Wildman–Crippen LogP) is 2.76. The first kappa shape index (κ1) is 16.0. The first-order valence-corrected chi connectivity index (χ1v) is 9.96. The van der Waals surface area contributed by atoms with E-state index in [0.717, 1.165) is 32.4 Å².